The van der Waals surface area contributed by atoms with Crippen molar-refractivity contribution in [1.82, 2.24) is 0 Å². The molecule has 0 saturated heterocycles. The lowest BCUT2D eigenvalue weighted by Gasteiger charge is -2.19. The minimum Gasteiger partial charge on any atom is -0.506 e. The van der Waals surface area contributed by atoms with E-state index >= 15 is 0 Å². The zero-order chi connectivity index (χ0) is 18.0. The molecule has 0 bridgehead atoms. The highest BCUT2D eigenvalue weighted by molar-refractivity contribution is 6.58. The summed E-state index contributed by atoms with van der Waals surface area (Å²) in [5, 5.41) is 20.9. The van der Waals surface area contributed by atoms with Crippen LogP contribution < -0.4 is 10.1 Å². The van der Waals surface area contributed by atoms with E-state index in [0.717, 1.165) is 0 Å². The van der Waals surface area contributed by atoms with Gasteiger partial charge < -0.3 is 15.2 Å². The van der Waals surface area contributed by atoms with Gasteiger partial charge in [0.05, 0.1) is 6.61 Å². The Morgan fingerprint density at radius 2 is 1.76 bits per heavy atom. The van der Waals surface area contributed by atoms with E-state index in [0.29, 0.717) is 18.0 Å². The first kappa shape index (κ1) is 16.4. The largest absolute Gasteiger partial charge is 0.506 e. The van der Waals surface area contributed by atoms with Gasteiger partial charge in [-0.25, -0.2) is 0 Å². The van der Waals surface area contributed by atoms with Crippen molar-refractivity contribution in [2.75, 3.05) is 11.9 Å². The topological polar surface area (TPSA) is 99.5 Å². The molecule has 0 spiro atoms. The van der Waals surface area contributed by atoms with E-state index in [1.807, 2.05) is 6.92 Å². The highest BCUT2D eigenvalue weighted by Crippen LogP contribution is 2.28. The minimum atomic E-state index is -0.713. The van der Waals surface area contributed by atoms with Crippen molar-refractivity contribution in [2.24, 2.45) is 0 Å². The van der Waals surface area contributed by atoms with Crippen LogP contribution in [0.15, 0.2) is 54.1 Å². The number of fused-ring (bicyclic) bond motifs is 1. The normalized spacial score (nSPS) is 13.5. The van der Waals surface area contributed by atoms with E-state index in [-0.39, 0.29) is 22.5 Å². The zero-order valence-corrected chi connectivity index (χ0v) is 13.5. The first-order chi connectivity index (χ1) is 12.0. The van der Waals surface area contributed by atoms with Crippen molar-refractivity contribution in [3.8, 4) is 5.75 Å². The average Bonchev–Trinajstić information content (AvgIpc) is 2.62. The molecule has 0 radical (unpaired) electrons. The molecule has 0 unspecified atom stereocenters. The number of nitrogens with one attached hydrogen (secondary N) is 2. The molecule has 6 heteroatoms. The van der Waals surface area contributed by atoms with Gasteiger partial charge in [0, 0.05) is 16.8 Å². The monoisotopic (exact) mass is 336 g/mol. The van der Waals surface area contributed by atoms with E-state index in [1.165, 1.54) is 6.07 Å². The molecular formula is C19H16N2O4. The maximum Gasteiger partial charge on any atom is 0.261 e. The number of Topliss-reactive ketones (excluding diaryl/α,β-unsaturated/α-hetero) is 1. The molecule has 2 aromatic carbocycles. The van der Waals surface area contributed by atoms with Crippen LogP contribution in [-0.2, 0) is 4.79 Å². The number of ether oxygens (including phenoxy) is 1. The number of anilines is 1. The number of hydrogen-bond acceptors (Lipinski definition) is 5. The van der Waals surface area contributed by atoms with Crippen molar-refractivity contribution < 1.29 is 19.4 Å². The molecule has 1 amide bonds. The molecule has 1 aliphatic rings. The summed E-state index contributed by atoms with van der Waals surface area (Å²) in [6.45, 7) is 2.40. The second kappa shape index (κ2) is 6.60. The molecule has 6 nitrogen and oxygen atoms in total. The van der Waals surface area contributed by atoms with Gasteiger partial charge in [-0.05, 0) is 31.2 Å². The highest BCUT2D eigenvalue weighted by atomic mass is 16.5. The minimum absolute atomic E-state index is 0.211. The lowest BCUT2D eigenvalue weighted by molar-refractivity contribution is -0.112. The van der Waals surface area contributed by atoms with Crippen molar-refractivity contribution in [1.29, 1.82) is 5.41 Å². The number of carbonyl (C=O) groups is 2. The Kier molecular flexibility index (Phi) is 4.35. The van der Waals surface area contributed by atoms with Gasteiger partial charge in [0.2, 0.25) is 5.78 Å². The predicted molar refractivity (Wildman–Crippen MR) is 94.3 cm³/mol. The van der Waals surface area contributed by atoms with Crippen molar-refractivity contribution in [3.05, 3.63) is 65.2 Å². The molecule has 3 rings (SSSR count). The van der Waals surface area contributed by atoms with Gasteiger partial charge in [-0.2, -0.15) is 0 Å². The molecule has 0 atom stereocenters. The van der Waals surface area contributed by atoms with Crippen LogP contribution in [0.4, 0.5) is 5.69 Å². The number of amides is 1. The Labute approximate surface area is 144 Å². The zero-order valence-electron chi connectivity index (χ0n) is 13.5. The highest BCUT2D eigenvalue weighted by Gasteiger charge is 2.33. The summed E-state index contributed by atoms with van der Waals surface area (Å²) in [6, 6.07) is 13.0. The van der Waals surface area contributed by atoms with E-state index in [1.54, 1.807) is 42.5 Å². The Morgan fingerprint density at radius 1 is 1.12 bits per heavy atom. The van der Waals surface area contributed by atoms with Crippen molar-refractivity contribution in [2.45, 2.75) is 6.92 Å². The van der Waals surface area contributed by atoms with Crippen LogP contribution in [0.1, 0.15) is 22.8 Å². The molecule has 1 aliphatic carbocycles. The molecule has 0 aromatic heterocycles. The van der Waals surface area contributed by atoms with Gasteiger partial charge in [-0.3, -0.25) is 15.0 Å². The maximum atomic E-state index is 12.5. The standard InChI is InChI=1S/C19H16N2O4/c1-2-25-12-9-7-11(8-10-12)21-19(24)15-16(20)18(23)14-6-4-3-5-13(14)17(15)22/h3-10,20,22H,2H2,1H3,(H,21,24). The summed E-state index contributed by atoms with van der Waals surface area (Å²) in [6.07, 6.45) is 0. The van der Waals surface area contributed by atoms with E-state index < -0.39 is 17.4 Å². The molecule has 2 aromatic rings. The molecule has 3 N–H and O–H groups in total. The fourth-order valence-corrected chi connectivity index (χ4v) is 2.60. The average molecular weight is 336 g/mol. The summed E-state index contributed by atoms with van der Waals surface area (Å²) in [4.78, 5) is 24.8. The van der Waals surface area contributed by atoms with Gasteiger partial charge in [-0.1, -0.05) is 24.3 Å². The van der Waals surface area contributed by atoms with Crippen LogP contribution in [0.3, 0.4) is 0 Å². The number of rotatable bonds is 4. The van der Waals surface area contributed by atoms with E-state index in [2.05, 4.69) is 5.32 Å². The second-order valence-electron chi connectivity index (χ2n) is 5.38. The van der Waals surface area contributed by atoms with E-state index in [9.17, 15) is 14.7 Å². The fraction of sp³-hybridized carbons (Fsp3) is 0.105. The van der Waals surface area contributed by atoms with Crippen molar-refractivity contribution >= 4 is 28.8 Å². The molecule has 126 valence electrons. The SMILES string of the molecule is CCOc1ccc(NC(=O)C2=C(O)c3ccccc3C(=O)C2=N)cc1. The Bertz CT molecular complexity index is 898. The van der Waals surface area contributed by atoms with Crippen LogP contribution in [0.5, 0.6) is 5.75 Å². The molecular weight excluding hydrogens is 320 g/mol. The van der Waals surface area contributed by atoms with Gasteiger partial charge in [0.1, 0.15) is 22.8 Å². The van der Waals surface area contributed by atoms with Crippen molar-refractivity contribution in [3.63, 3.8) is 0 Å². The number of ketones is 1. The maximum absolute atomic E-state index is 12.5. The summed E-state index contributed by atoms with van der Waals surface area (Å²) < 4.78 is 5.33. The van der Waals surface area contributed by atoms with Crippen LogP contribution in [0.25, 0.3) is 5.76 Å². The lowest BCUT2D eigenvalue weighted by atomic mass is 9.87. The molecule has 0 fully saturated rings. The number of aliphatic hydroxyl groups is 1. The molecule has 0 saturated carbocycles. The summed E-state index contributed by atoms with van der Waals surface area (Å²) in [5.74, 6) is -1.01. The summed E-state index contributed by atoms with van der Waals surface area (Å²) in [5.41, 5.74) is 0.0630. The number of hydrogen-bond donors (Lipinski definition) is 3. The van der Waals surface area contributed by atoms with E-state index in [4.69, 9.17) is 10.1 Å². The first-order valence-corrected chi connectivity index (χ1v) is 7.73. The Hall–Kier alpha value is -3.41. The molecule has 0 aliphatic heterocycles. The number of carbonyl (C=O) groups excluding carboxylic acids is 2. The van der Waals surface area contributed by atoms with Gasteiger partial charge in [0.25, 0.3) is 5.91 Å². The van der Waals surface area contributed by atoms with Crippen LogP contribution >= 0.6 is 0 Å². The van der Waals surface area contributed by atoms with Gasteiger partial charge in [-0.15, -0.1) is 0 Å². The first-order valence-electron chi connectivity index (χ1n) is 7.73. The Balaban J connectivity index is 1.91. The third-order valence-electron chi connectivity index (χ3n) is 3.79. The second-order valence-corrected chi connectivity index (χ2v) is 5.38. The predicted octanol–water partition coefficient (Wildman–Crippen LogP) is 3.21. The van der Waals surface area contributed by atoms with Crippen LogP contribution in [-0.4, -0.2) is 29.1 Å². The molecule has 25 heavy (non-hydrogen) atoms. The number of benzene rings is 2. The van der Waals surface area contributed by atoms with Crippen LogP contribution in [0.2, 0.25) is 0 Å². The summed E-state index contributed by atoms with van der Waals surface area (Å²) in [7, 11) is 0. The van der Waals surface area contributed by atoms with Crippen LogP contribution in [0, 0.1) is 5.41 Å². The third-order valence-corrected chi connectivity index (χ3v) is 3.79. The Morgan fingerprint density at radius 3 is 2.40 bits per heavy atom. The smallest absolute Gasteiger partial charge is 0.261 e. The fourth-order valence-electron chi connectivity index (χ4n) is 2.60. The lowest BCUT2D eigenvalue weighted by Crippen LogP contribution is -2.30. The van der Waals surface area contributed by atoms with Gasteiger partial charge in [0.15, 0.2) is 0 Å². The third kappa shape index (κ3) is 3.01. The molecule has 0 heterocycles. The van der Waals surface area contributed by atoms with Gasteiger partial charge >= 0.3 is 0 Å². The summed E-state index contributed by atoms with van der Waals surface area (Å²) >= 11 is 0. The number of aliphatic hydroxyl groups excluding tert-OH is 1. The quantitative estimate of drug-likeness (QED) is 0.798.